The minimum absolute atomic E-state index is 0.0265. The number of likely N-dealkylation sites (tertiary alicyclic amines) is 2. The zero-order valence-corrected chi connectivity index (χ0v) is 11.6. The van der Waals surface area contributed by atoms with Crippen molar-refractivity contribution in [2.45, 2.75) is 31.7 Å². The topological polar surface area (TPSA) is 36.4 Å². The summed E-state index contributed by atoms with van der Waals surface area (Å²) >= 11 is 0. The maximum atomic E-state index is 12.8. The Kier molecular flexibility index (Phi) is 3.96. The summed E-state index contributed by atoms with van der Waals surface area (Å²) in [5, 5.41) is 0. The number of amides is 1. The number of halogens is 1. The van der Waals surface area contributed by atoms with Gasteiger partial charge in [0, 0.05) is 25.3 Å². The van der Waals surface area contributed by atoms with Crippen molar-refractivity contribution in [1.29, 1.82) is 0 Å². The van der Waals surface area contributed by atoms with Gasteiger partial charge in [-0.25, -0.2) is 4.98 Å². The molecule has 0 N–H and O–H groups in total. The van der Waals surface area contributed by atoms with Gasteiger partial charge in [0.1, 0.15) is 0 Å². The van der Waals surface area contributed by atoms with Gasteiger partial charge in [0.05, 0.1) is 5.56 Å². The van der Waals surface area contributed by atoms with Crippen molar-refractivity contribution in [3.63, 3.8) is 0 Å². The Hall–Kier alpha value is -1.49. The number of hydrogen-bond acceptors (Lipinski definition) is 3. The van der Waals surface area contributed by atoms with Crippen molar-refractivity contribution < 1.29 is 9.18 Å². The standard InChI is InChI=1S/C15H20FN3O/c16-14-6-5-12(10-17-14)15(20)19-9-3-4-13(11-19)18-7-1-2-8-18/h5-6,10,13H,1-4,7-9,11H2. The third-order valence-corrected chi connectivity index (χ3v) is 4.32. The lowest BCUT2D eigenvalue weighted by molar-refractivity contribution is 0.0607. The van der Waals surface area contributed by atoms with Gasteiger partial charge in [-0.3, -0.25) is 9.69 Å². The van der Waals surface area contributed by atoms with Crippen molar-refractivity contribution >= 4 is 5.91 Å². The van der Waals surface area contributed by atoms with E-state index in [9.17, 15) is 9.18 Å². The van der Waals surface area contributed by atoms with Crippen LogP contribution in [-0.4, -0.2) is 52.9 Å². The second-order valence-electron chi connectivity index (χ2n) is 5.66. The molecule has 2 aliphatic rings. The van der Waals surface area contributed by atoms with E-state index in [1.54, 1.807) is 0 Å². The summed E-state index contributed by atoms with van der Waals surface area (Å²) in [5.74, 6) is -0.573. The largest absolute Gasteiger partial charge is 0.337 e. The molecule has 0 spiro atoms. The van der Waals surface area contributed by atoms with Crippen LogP contribution in [0.5, 0.6) is 0 Å². The van der Waals surface area contributed by atoms with Gasteiger partial charge in [-0.2, -0.15) is 4.39 Å². The Morgan fingerprint density at radius 1 is 1.20 bits per heavy atom. The summed E-state index contributed by atoms with van der Waals surface area (Å²) in [6.45, 7) is 3.90. The Balaban J connectivity index is 1.66. The number of pyridine rings is 1. The quantitative estimate of drug-likeness (QED) is 0.775. The second-order valence-corrected chi connectivity index (χ2v) is 5.66. The molecule has 1 amide bonds. The van der Waals surface area contributed by atoms with E-state index in [1.807, 2.05) is 4.90 Å². The van der Waals surface area contributed by atoms with Crippen LogP contribution in [0.15, 0.2) is 18.3 Å². The molecule has 20 heavy (non-hydrogen) atoms. The zero-order chi connectivity index (χ0) is 13.9. The Labute approximate surface area is 118 Å². The third kappa shape index (κ3) is 2.82. The van der Waals surface area contributed by atoms with Crippen molar-refractivity contribution in [3.8, 4) is 0 Å². The molecule has 0 aromatic carbocycles. The predicted molar refractivity (Wildman–Crippen MR) is 73.9 cm³/mol. The predicted octanol–water partition coefficient (Wildman–Crippen LogP) is 1.92. The molecule has 0 bridgehead atoms. The van der Waals surface area contributed by atoms with Gasteiger partial charge in [-0.1, -0.05) is 0 Å². The van der Waals surface area contributed by atoms with Crippen LogP contribution in [0, 0.1) is 5.95 Å². The molecule has 0 aliphatic carbocycles. The Bertz CT molecular complexity index is 471. The minimum atomic E-state index is -0.546. The molecule has 1 atom stereocenters. The van der Waals surface area contributed by atoms with E-state index >= 15 is 0 Å². The van der Waals surface area contributed by atoms with E-state index in [2.05, 4.69) is 9.88 Å². The van der Waals surface area contributed by atoms with Gasteiger partial charge < -0.3 is 4.90 Å². The zero-order valence-electron chi connectivity index (χ0n) is 11.6. The SMILES string of the molecule is O=C(c1ccc(F)nc1)N1CCCC(N2CCCC2)C1. The summed E-state index contributed by atoms with van der Waals surface area (Å²) < 4.78 is 12.8. The Morgan fingerprint density at radius 3 is 2.70 bits per heavy atom. The smallest absolute Gasteiger partial charge is 0.255 e. The normalized spacial score (nSPS) is 24.1. The molecule has 1 aromatic rings. The molecule has 0 saturated carbocycles. The van der Waals surface area contributed by atoms with Crippen LogP contribution in [-0.2, 0) is 0 Å². The van der Waals surface area contributed by atoms with Gasteiger partial charge in [0.2, 0.25) is 5.95 Å². The molecule has 1 unspecified atom stereocenters. The summed E-state index contributed by atoms with van der Waals surface area (Å²) in [7, 11) is 0. The summed E-state index contributed by atoms with van der Waals surface area (Å²) in [6.07, 6.45) is 6.09. The average molecular weight is 277 g/mol. The molecular formula is C15H20FN3O. The van der Waals surface area contributed by atoms with E-state index in [4.69, 9.17) is 0 Å². The highest BCUT2D eigenvalue weighted by molar-refractivity contribution is 5.93. The van der Waals surface area contributed by atoms with Crippen LogP contribution in [0.2, 0.25) is 0 Å². The molecule has 1 aromatic heterocycles. The first kappa shape index (κ1) is 13.5. The van der Waals surface area contributed by atoms with E-state index in [0.29, 0.717) is 11.6 Å². The molecule has 2 aliphatic heterocycles. The van der Waals surface area contributed by atoms with E-state index < -0.39 is 5.95 Å². The van der Waals surface area contributed by atoms with Crippen LogP contribution in [0.1, 0.15) is 36.0 Å². The fourth-order valence-electron chi connectivity index (χ4n) is 3.23. The second kappa shape index (κ2) is 5.87. The number of aromatic nitrogens is 1. The third-order valence-electron chi connectivity index (χ3n) is 4.32. The molecular weight excluding hydrogens is 257 g/mol. The number of carbonyl (C=O) groups is 1. The molecule has 3 rings (SSSR count). The van der Waals surface area contributed by atoms with Gasteiger partial charge in [-0.05, 0) is 50.9 Å². The summed E-state index contributed by atoms with van der Waals surface area (Å²) in [4.78, 5) is 20.4. The lowest BCUT2D eigenvalue weighted by Crippen LogP contribution is -2.49. The van der Waals surface area contributed by atoms with Crippen LogP contribution >= 0.6 is 0 Å². The maximum absolute atomic E-state index is 12.8. The Morgan fingerprint density at radius 2 is 2.00 bits per heavy atom. The van der Waals surface area contributed by atoms with Gasteiger partial charge >= 0.3 is 0 Å². The molecule has 0 radical (unpaired) electrons. The molecule has 108 valence electrons. The first-order valence-electron chi connectivity index (χ1n) is 7.39. The van der Waals surface area contributed by atoms with Crippen molar-refractivity contribution in [2.24, 2.45) is 0 Å². The first-order chi connectivity index (χ1) is 9.74. The number of nitrogens with zero attached hydrogens (tertiary/aromatic N) is 3. The summed E-state index contributed by atoms with van der Waals surface area (Å²) in [5.41, 5.74) is 0.480. The number of carbonyl (C=O) groups excluding carboxylic acids is 1. The van der Waals surface area contributed by atoms with E-state index in [1.165, 1.54) is 37.6 Å². The fourth-order valence-corrected chi connectivity index (χ4v) is 3.23. The summed E-state index contributed by atoms with van der Waals surface area (Å²) in [6, 6.07) is 3.25. The minimum Gasteiger partial charge on any atom is -0.337 e. The van der Waals surface area contributed by atoms with Gasteiger partial charge in [0.25, 0.3) is 5.91 Å². The van der Waals surface area contributed by atoms with Crippen LogP contribution in [0.25, 0.3) is 0 Å². The fraction of sp³-hybridized carbons (Fsp3) is 0.600. The van der Waals surface area contributed by atoms with Gasteiger partial charge in [0.15, 0.2) is 0 Å². The van der Waals surface area contributed by atoms with Crippen LogP contribution in [0.4, 0.5) is 4.39 Å². The number of hydrogen-bond donors (Lipinski definition) is 0. The van der Waals surface area contributed by atoms with Crippen molar-refractivity contribution in [3.05, 3.63) is 29.8 Å². The highest BCUT2D eigenvalue weighted by Crippen LogP contribution is 2.21. The average Bonchev–Trinajstić information content (AvgIpc) is 3.02. The van der Waals surface area contributed by atoms with Crippen molar-refractivity contribution in [2.75, 3.05) is 26.2 Å². The number of rotatable bonds is 2. The first-order valence-corrected chi connectivity index (χ1v) is 7.39. The van der Waals surface area contributed by atoms with Crippen molar-refractivity contribution in [1.82, 2.24) is 14.8 Å². The molecule has 2 saturated heterocycles. The highest BCUT2D eigenvalue weighted by Gasteiger charge is 2.29. The molecule has 3 heterocycles. The highest BCUT2D eigenvalue weighted by atomic mass is 19.1. The lowest BCUT2D eigenvalue weighted by atomic mass is 10.0. The number of piperidine rings is 1. The monoisotopic (exact) mass is 277 g/mol. The maximum Gasteiger partial charge on any atom is 0.255 e. The van der Waals surface area contributed by atoms with E-state index in [0.717, 1.165) is 32.6 Å². The molecule has 5 heteroatoms. The van der Waals surface area contributed by atoms with E-state index in [-0.39, 0.29) is 5.91 Å². The van der Waals surface area contributed by atoms with Crippen LogP contribution in [0.3, 0.4) is 0 Å². The van der Waals surface area contributed by atoms with Gasteiger partial charge in [-0.15, -0.1) is 0 Å². The molecule has 2 fully saturated rings. The van der Waals surface area contributed by atoms with Crippen LogP contribution < -0.4 is 0 Å². The lowest BCUT2D eigenvalue weighted by Gasteiger charge is -2.37. The molecule has 4 nitrogen and oxygen atoms in total.